The molecule has 2 aromatic rings. The van der Waals surface area contributed by atoms with Crippen LogP contribution in [0.15, 0.2) is 54.6 Å². The van der Waals surface area contributed by atoms with Crippen LogP contribution in [0.5, 0.6) is 0 Å². The Bertz CT molecular complexity index is 873. The maximum atomic E-state index is 13.5. The molecule has 0 aromatic heterocycles. The van der Waals surface area contributed by atoms with E-state index < -0.39 is 28.8 Å². The zero-order chi connectivity index (χ0) is 21.7. The number of nitrogens with one attached hydrogen (secondary N) is 1. The number of hydrogen-bond donors (Lipinski definition) is 1. The molecule has 2 atom stereocenters. The van der Waals surface area contributed by atoms with Crippen molar-refractivity contribution in [3.8, 4) is 0 Å². The Balaban J connectivity index is 1.57. The van der Waals surface area contributed by atoms with Gasteiger partial charge in [0.05, 0.1) is 16.8 Å². The highest BCUT2D eigenvalue weighted by Gasteiger charge is 2.52. The molecule has 1 aliphatic heterocycles. The van der Waals surface area contributed by atoms with Crippen molar-refractivity contribution in [2.45, 2.75) is 19.1 Å². The first-order valence-corrected chi connectivity index (χ1v) is 9.58. The van der Waals surface area contributed by atoms with Gasteiger partial charge < -0.3 is 5.32 Å². The average Bonchev–Trinajstić information content (AvgIpc) is 3.13. The Hall–Kier alpha value is -2.94. The van der Waals surface area contributed by atoms with E-state index in [1.165, 1.54) is 12.1 Å². The average molecular weight is 421 g/mol. The van der Waals surface area contributed by atoms with Crippen LogP contribution in [0, 0.1) is 22.0 Å². The van der Waals surface area contributed by atoms with E-state index in [-0.39, 0.29) is 25.3 Å². The van der Waals surface area contributed by atoms with Crippen LogP contribution in [0.4, 0.5) is 18.9 Å². The Morgan fingerprint density at radius 2 is 1.73 bits per heavy atom. The predicted octanol–water partition coefficient (Wildman–Crippen LogP) is 3.56. The van der Waals surface area contributed by atoms with E-state index in [4.69, 9.17) is 0 Å². The molecule has 0 spiro atoms. The summed E-state index contributed by atoms with van der Waals surface area (Å²) in [6.07, 6.45) is -4.08. The van der Waals surface area contributed by atoms with Gasteiger partial charge in [0.15, 0.2) is 0 Å². The summed E-state index contributed by atoms with van der Waals surface area (Å²) in [5.41, 5.74) is 1.61. The van der Waals surface area contributed by atoms with Gasteiger partial charge >= 0.3 is 6.18 Å². The van der Waals surface area contributed by atoms with Gasteiger partial charge in [-0.3, -0.25) is 19.8 Å². The van der Waals surface area contributed by atoms with Gasteiger partial charge in [0.1, 0.15) is 0 Å². The second kappa shape index (κ2) is 9.25. The highest BCUT2D eigenvalue weighted by Crippen LogP contribution is 2.38. The second-order valence-corrected chi connectivity index (χ2v) is 7.40. The summed E-state index contributed by atoms with van der Waals surface area (Å²) in [6.45, 7) is 0.359. The van der Waals surface area contributed by atoms with Crippen molar-refractivity contribution in [2.24, 2.45) is 11.8 Å². The number of rotatable bonds is 7. The van der Waals surface area contributed by atoms with E-state index >= 15 is 0 Å². The van der Waals surface area contributed by atoms with Gasteiger partial charge in [0, 0.05) is 38.3 Å². The number of nitrogens with zero attached hydrogens (tertiary/aromatic N) is 2. The smallest absolute Gasteiger partial charge is 0.355 e. The molecule has 160 valence electrons. The quantitative estimate of drug-likeness (QED) is 0.548. The lowest BCUT2D eigenvalue weighted by molar-refractivity contribution is -0.384. The Morgan fingerprint density at radius 1 is 1.07 bits per heavy atom. The molecule has 1 fully saturated rings. The van der Waals surface area contributed by atoms with Gasteiger partial charge in [-0.25, -0.2) is 0 Å². The fourth-order valence-electron chi connectivity index (χ4n) is 3.70. The van der Waals surface area contributed by atoms with Crippen LogP contribution in [0.2, 0.25) is 0 Å². The third kappa shape index (κ3) is 5.56. The fourth-order valence-corrected chi connectivity index (χ4v) is 3.70. The van der Waals surface area contributed by atoms with Crippen molar-refractivity contribution >= 4 is 11.6 Å². The summed E-state index contributed by atoms with van der Waals surface area (Å²) in [5.74, 6) is -3.49. The molecule has 30 heavy (non-hydrogen) atoms. The van der Waals surface area contributed by atoms with Crippen LogP contribution in [0.25, 0.3) is 0 Å². The van der Waals surface area contributed by atoms with Gasteiger partial charge in [-0.2, -0.15) is 13.2 Å². The number of benzene rings is 2. The molecule has 1 saturated heterocycles. The Kier molecular flexibility index (Phi) is 6.71. The van der Waals surface area contributed by atoms with Crippen molar-refractivity contribution in [3.63, 3.8) is 0 Å². The maximum Gasteiger partial charge on any atom is 0.393 e. The maximum absolute atomic E-state index is 13.5. The van der Waals surface area contributed by atoms with E-state index in [2.05, 4.69) is 5.32 Å². The minimum Gasteiger partial charge on any atom is -0.355 e. The van der Waals surface area contributed by atoms with Crippen LogP contribution in [0.1, 0.15) is 11.1 Å². The standard InChI is InChI=1S/C21H22F3N3O3/c22-21(23,24)19-14-26(12-16-4-2-1-3-5-16)13-18(19)20(28)25-11-10-15-6-8-17(9-7-15)27(29)30/h1-9,18-19H,10-14H2,(H,25,28)/t18-,19-/m1/s1. The minimum atomic E-state index is -4.45. The molecule has 1 aliphatic rings. The van der Waals surface area contributed by atoms with Gasteiger partial charge in [-0.05, 0) is 17.5 Å². The van der Waals surface area contributed by atoms with E-state index in [0.717, 1.165) is 11.1 Å². The van der Waals surface area contributed by atoms with Crippen LogP contribution in [0.3, 0.4) is 0 Å². The van der Waals surface area contributed by atoms with Gasteiger partial charge in [-0.1, -0.05) is 42.5 Å². The molecule has 0 bridgehead atoms. The van der Waals surface area contributed by atoms with Crippen molar-refractivity contribution in [1.29, 1.82) is 0 Å². The summed E-state index contributed by atoms with van der Waals surface area (Å²) in [7, 11) is 0. The predicted molar refractivity (Wildman–Crippen MR) is 105 cm³/mol. The van der Waals surface area contributed by atoms with Crippen molar-refractivity contribution in [1.82, 2.24) is 10.2 Å². The summed E-state index contributed by atoms with van der Waals surface area (Å²) < 4.78 is 40.5. The minimum absolute atomic E-state index is 0.0414. The lowest BCUT2D eigenvalue weighted by Crippen LogP contribution is -2.40. The number of amides is 1. The molecule has 0 aliphatic carbocycles. The molecule has 0 unspecified atom stereocenters. The Labute approximate surface area is 171 Å². The Morgan fingerprint density at radius 3 is 2.33 bits per heavy atom. The SMILES string of the molecule is O=C(NCCc1ccc([N+](=O)[O-])cc1)[C@@H]1CN(Cc2ccccc2)C[C@H]1C(F)(F)F. The summed E-state index contributed by atoms with van der Waals surface area (Å²) in [4.78, 5) is 24.3. The van der Waals surface area contributed by atoms with Gasteiger partial charge in [0.2, 0.25) is 5.91 Å². The fraction of sp³-hybridized carbons (Fsp3) is 0.381. The number of halogens is 3. The number of alkyl halides is 3. The monoisotopic (exact) mass is 421 g/mol. The summed E-state index contributed by atoms with van der Waals surface area (Å²) in [6, 6.07) is 15.0. The molecule has 0 saturated carbocycles. The number of nitro groups is 1. The lowest BCUT2D eigenvalue weighted by atomic mass is 9.94. The molecule has 0 radical (unpaired) electrons. The van der Waals surface area contributed by atoms with Crippen molar-refractivity contribution < 1.29 is 22.9 Å². The number of hydrogen-bond acceptors (Lipinski definition) is 4. The topological polar surface area (TPSA) is 75.5 Å². The largest absolute Gasteiger partial charge is 0.393 e. The number of carbonyl (C=O) groups excluding carboxylic acids is 1. The first kappa shape index (κ1) is 21.8. The number of nitro benzene ring substituents is 1. The van der Waals surface area contributed by atoms with E-state index in [1.807, 2.05) is 30.3 Å². The van der Waals surface area contributed by atoms with Crippen LogP contribution in [-0.2, 0) is 17.8 Å². The zero-order valence-electron chi connectivity index (χ0n) is 16.1. The number of likely N-dealkylation sites (tertiary alicyclic amines) is 1. The van der Waals surface area contributed by atoms with Gasteiger partial charge in [-0.15, -0.1) is 0 Å². The normalized spacial score (nSPS) is 19.6. The first-order chi connectivity index (χ1) is 14.2. The highest BCUT2D eigenvalue weighted by molar-refractivity contribution is 5.79. The van der Waals surface area contributed by atoms with Crippen LogP contribution >= 0.6 is 0 Å². The van der Waals surface area contributed by atoms with E-state index in [0.29, 0.717) is 13.0 Å². The third-order valence-corrected chi connectivity index (χ3v) is 5.26. The summed E-state index contributed by atoms with van der Waals surface area (Å²) >= 11 is 0. The highest BCUT2D eigenvalue weighted by atomic mass is 19.4. The molecule has 1 amide bonds. The van der Waals surface area contributed by atoms with Crippen molar-refractivity contribution in [2.75, 3.05) is 19.6 Å². The van der Waals surface area contributed by atoms with E-state index in [1.54, 1.807) is 17.0 Å². The first-order valence-electron chi connectivity index (χ1n) is 9.58. The molecule has 9 heteroatoms. The zero-order valence-corrected chi connectivity index (χ0v) is 16.1. The molecule has 1 heterocycles. The second-order valence-electron chi connectivity index (χ2n) is 7.40. The van der Waals surface area contributed by atoms with Gasteiger partial charge in [0.25, 0.3) is 5.69 Å². The van der Waals surface area contributed by atoms with Crippen LogP contribution < -0.4 is 5.32 Å². The molecular formula is C21H22F3N3O3. The third-order valence-electron chi connectivity index (χ3n) is 5.26. The summed E-state index contributed by atoms with van der Waals surface area (Å²) in [5, 5.41) is 13.3. The molecule has 6 nitrogen and oxygen atoms in total. The van der Waals surface area contributed by atoms with Crippen LogP contribution in [-0.4, -0.2) is 41.5 Å². The molecule has 2 aromatic carbocycles. The molecular weight excluding hydrogens is 399 g/mol. The molecule has 1 N–H and O–H groups in total. The van der Waals surface area contributed by atoms with E-state index in [9.17, 15) is 28.1 Å². The van der Waals surface area contributed by atoms with Crippen molar-refractivity contribution in [3.05, 3.63) is 75.8 Å². The lowest BCUT2D eigenvalue weighted by Gasteiger charge is -2.20. The molecule has 3 rings (SSSR count). The number of non-ortho nitro benzene ring substituents is 1. The number of carbonyl (C=O) groups is 1.